The van der Waals surface area contributed by atoms with Crippen LogP contribution in [0.1, 0.15) is 42.4 Å². The number of aromatic nitrogens is 6. The number of hydrogen-bond acceptors (Lipinski definition) is 8. The van der Waals surface area contributed by atoms with Gasteiger partial charge in [0.05, 0.1) is 47.0 Å². The maximum Gasteiger partial charge on any atom is 0.242 e. The first-order chi connectivity index (χ1) is 14.5. The average Bonchev–Trinajstić information content (AvgIpc) is 3.30. The van der Waals surface area contributed by atoms with Crippen LogP contribution in [-0.4, -0.2) is 36.6 Å². The third-order valence-electron chi connectivity index (χ3n) is 4.68. The van der Waals surface area contributed by atoms with E-state index in [2.05, 4.69) is 34.3 Å². The highest BCUT2D eigenvalue weighted by Crippen LogP contribution is 2.34. The van der Waals surface area contributed by atoms with Gasteiger partial charge in [0.1, 0.15) is 11.0 Å². The molecule has 4 heterocycles. The van der Waals surface area contributed by atoms with Crippen molar-refractivity contribution in [2.75, 3.05) is 11.9 Å². The number of rotatable bonds is 7. The number of aryl methyl sites for hydroxylation is 2. The van der Waals surface area contributed by atoms with Gasteiger partial charge in [-0.15, -0.1) is 16.4 Å². The highest BCUT2D eigenvalue weighted by atomic mass is 32.1. The molecule has 4 rings (SSSR count). The molecular weight excluding hydrogens is 398 g/mol. The molecule has 0 aliphatic rings. The topological polar surface area (TPSA) is 90.6 Å². The normalized spacial score (nSPS) is 11.4. The number of fused-ring (bicyclic) bond motifs is 1. The number of ether oxygens (including phenoxy) is 1. The molecule has 156 valence electrons. The summed E-state index contributed by atoms with van der Waals surface area (Å²) in [5.74, 6) is 0.477. The molecule has 0 bridgehead atoms. The van der Waals surface area contributed by atoms with Crippen LogP contribution in [0.3, 0.4) is 0 Å². The van der Waals surface area contributed by atoms with Gasteiger partial charge in [0.25, 0.3) is 0 Å². The van der Waals surface area contributed by atoms with Gasteiger partial charge in [0, 0.05) is 17.1 Å². The number of pyridine rings is 1. The molecule has 0 amide bonds. The summed E-state index contributed by atoms with van der Waals surface area (Å²) in [5, 5.41) is 17.5. The van der Waals surface area contributed by atoms with Crippen LogP contribution < -0.4 is 10.1 Å². The SMILES string of the molecule is CCOc1nnccc1-c1cc(NCc2cnc(C)s2)c2c(n1)c(C)nn2C(C)C. The van der Waals surface area contributed by atoms with Gasteiger partial charge in [-0.2, -0.15) is 10.2 Å². The largest absolute Gasteiger partial charge is 0.476 e. The van der Waals surface area contributed by atoms with Crippen molar-refractivity contribution in [3.63, 3.8) is 0 Å². The second-order valence-corrected chi connectivity index (χ2v) is 8.58. The van der Waals surface area contributed by atoms with Crippen molar-refractivity contribution < 1.29 is 4.74 Å². The van der Waals surface area contributed by atoms with E-state index in [4.69, 9.17) is 14.8 Å². The standard InChI is InChI=1S/C21H25N7OS/c1-6-29-21-16(7-8-24-26-21)17-9-18(23-11-15-10-22-14(5)30-15)20-19(25-17)13(4)27-28(20)12(2)3/h7-10,12H,6,11H2,1-5H3,(H,23,25). The van der Waals surface area contributed by atoms with E-state index in [0.29, 0.717) is 19.0 Å². The Morgan fingerprint density at radius 2 is 2.10 bits per heavy atom. The molecule has 0 spiro atoms. The van der Waals surface area contributed by atoms with Crippen LogP contribution in [0.5, 0.6) is 5.88 Å². The van der Waals surface area contributed by atoms with Crippen LogP contribution in [0, 0.1) is 13.8 Å². The van der Waals surface area contributed by atoms with Gasteiger partial charge in [0.2, 0.25) is 5.88 Å². The molecule has 4 aromatic heterocycles. The van der Waals surface area contributed by atoms with Crippen molar-refractivity contribution in [1.82, 2.24) is 29.9 Å². The summed E-state index contributed by atoms with van der Waals surface area (Å²) in [6.45, 7) is 11.4. The number of nitrogens with one attached hydrogen (secondary N) is 1. The summed E-state index contributed by atoms with van der Waals surface area (Å²) >= 11 is 1.69. The van der Waals surface area contributed by atoms with E-state index in [1.807, 2.05) is 43.8 Å². The molecule has 0 aliphatic heterocycles. The fraction of sp³-hybridized carbons (Fsp3) is 0.381. The maximum absolute atomic E-state index is 5.69. The van der Waals surface area contributed by atoms with Crippen molar-refractivity contribution in [1.29, 1.82) is 0 Å². The first-order valence-corrected chi connectivity index (χ1v) is 10.8. The minimum atomic E-state index is 0.210. The van der Waals surface area contributed by atoms with Gasteiger partial charge in [-0.3, -0.25) is 4.68 Å². The van der Waals surface area contributed by atoms with E-state index >= 15 is 0 Å². The zero-order valence-electron chi connectivity index (χ0n) is 17.8. The predicted molar refractivity (Wildman–Crippen MR) is 119 cm³/mol. The molecular formula is C21H25N7OS. The molecule has 0 aromatic carbocycles. The molecule has 30 heavy (non-hydrogen) atoms. The van der Waals surface area contributed by atoms with Crippen LogP contribution in [0.2, 0.25) is 0 Å². The van der Waals surface area contributed by atoms with Crippen molar-refractivity contribution >= 4 is 28.1 Å². The van der Waals surface area contributed by atoms with Crippen molar-refractivity contribution in [2.45, 2.75) is 47.2 Å². The Morgan fingerprint density at radius 1 is 1.27 bits per heavy atom. The molecule has 1 N–H and O–H groups in total. The van der Waals surface area contributed by atoms with Gasteiger partial charge >= 0.3 is 0 Å². The smallest absolute Gasteiger partial charge is 0.242 e. The third kappa shape index (κ3) is 3.85. The summed E-state index contributed by atoms with van der Waals surface area (Å²) in [7, 11) is 0. The molecule has 4 aromatic rings. The highest BCUT2D eigenvalue weighted by Gasteiger charge is 2.19. The molecule has 0 fully saturated rings. The van der Waals surface area contributed by atoms with Crippen LogP contribution >= 0.6 is 11.3 Å². The Balaban J connectivity index is 1.86. The third-order valence-corrected chi connectivity index (χ3v) is 5.59. The molecule has 0 atom stereocenters. The number of thiazole rings is 1. The summed E-state index contributed by atoms with van der Waals surface area (Å²) in [6, 6.07) is 4.13. The lowest BCUT2D eigenvalue weighted by Crippen LogP contribution is -2.07. The molecule has 8 nitrogen and oxygen atoms in total. The Hall–Kier alpha value is -3.07. The zero-order valence-corrected chi connectivity index (χ0v) is 18.6. The van der Waals surface area contributed by atoms with Crippen LogP contribution in [0.15, 0.2) is 24.5 Å². The Labute approximate surface area is 179 Å². The molecule has 0 aliphatic carbocycles. The number of hydrogen-bond donors (Lipinski definition) is 1. The fourth-order valence-corrected chi connectivity index (χ4v) is 4.09. The lowest BCUT2D eigenvalue weighted by Gasteiger charge is -2.14. The van der Waals surface area contributed by atoms with Crippen LogP contribution in [0.25, 0.3) is 22.3 Å². The van der Waals surface area contributed by atoms with E-state index in [1.165, 1.54) is 4.88 Å². The first kappa shape index (κ1) is 20.2. The highest BCUT2D eigenvalue weighted by molar-refractivity contribution is 7.11. The summed E-state index contributed by atoms with van der Waals surface area (Å²) in [4.78, 5) is 10.5. The molecule has 9 heteroatoms. The average molecular weight is 424 g/mol. The lowest BCUT2D eigenvalue weighted by atomic mass is 10.1. The summed E-state index contributed by atoms with van der Waals surface area (Å²) in [6.07, 6.45) is 3.57. The van der Waals surface area contributed by atoms with Crippen LogP contribution in [-0.2, 0) is 6.54 Å². The predicted octanol–water partition coefficient (Wildman–Crippen LogP) is 4.55. The van der Waals surface area contributed by atoms with Crippen LogP contribution in [0.4, 0.5) is 5.69 Å². The van der Waals surface area contributed by atoms with E-state index in [9.17, 15) is 0 Å². The summed E-state index contributed by atoms with van der Waals surface area (Å²) in [5.41, 5.74) is 5.29. The van der Waals surface area contributed by atoms with Crippen molar-refractivity contribution in [3.05, 3.63) is 40.1 Å². The van der Waals surface area contributed by atoms with Gasteiger partial charge in [-0.05, 0) is 46.8 Å². The zero-order chi connectivity index (χ0) is 21.3. The fourth-order valence-electron chi connectivity index (χ4n) is 3.35. The number of anilines is 1. The Morgan fingerprint density at radius 3 is 2.80 bits per heavy atom. The molecule has 0 saturated heterocycles. The van der Waals surface area contributed by atoms with Crippen molar-refractivity contribution in [3.8, 4) is 17.1 Å². The van der Waals surface area contributed by atoms with Gasteiger partial charge in [-0.1, -0.05) is 0 Å². The first-order valence-electron chi connectivity index (χ1n) is 9.97. The maximum atomic E-state index is 5.69. The molecule has 0 unspecified atom stereocenters. The second kappa shape index (κ2) is 8.35. The van der Waals surface area contributed by atoms with Gasteiger partial charge in [0.15, 0.2) is 0 Å². The Bertz CT molecular complexity index is 1180. The molecule has 0 radical (unpaired) electrons. The van der Waals surface area contributed by atoms with E-state index in [1.54, 1.807) is 17.5 Å². The monoisotopic (exact) mass is 423 g/mol. The quantitative estimate of drug-likeness (QED) is 0.466. The van der Waals surface area contributed by atoms with Gasteiger partial charge < -0.3 is 10.1 Å². The number of nitrogens with zero attached hydrogens (tertiary/aromatic N) is 6. The van der Waals surface area contributed by atoms with Crippen molar-refractivity contribution in [2.24, 2.45) is 0 Å². The van der Waals surface area contributed by atoms with E-state index in [-0.39, 0.29) is 6.04 Å². The lowest BCUT2D eigenvalue weighted by molar-refractivity contribution is 0.324. The minimum Gasteiger partial charge on any atom is -0.476 e. The van der Waals surface area contributed by atoms with E-state index in [0.717, 1.165) is 38.7 Å². The molecule has 0 saturated carbocycles. The summed E-state index contributed by atoms with van der Waals surface area (Å²) < 4.78 is 7.71. The second-order valence-electron chi connectivity index (χ2n) is 7.26. The minimum absolute atomic E-state index is 0.210. The Kier molecular flexibility index (Phi) is 5.63. The van der Waals surface area contributed by atoms with E-state index < -0.39 is 0 Å². The van der Waals surface area contributed by atoms with Gasteiger partial charge in [-0.25, -0.2) is 9.97 Å².